The van der Waals surface area contributed by atoms with E-state index in [1.54, 1.807) is 31.2 Å². The quantitative estimate of drug-likeness (QED) is 0.822. The van der Waals surface area contributed by atoms with Crippen LogP contribution in [0, 0.1) is 0 Å². The van der Waals surface area contributed by atoms with Crippen molar-refractivity contribution in [3.63, 3.8) is 0 Å². The molecular weight excluding hydrogens is 242 g/mol. The molecule has 0 unspecified atom stereocenters. The molecule has 0 saturated heterocycles. The Morgan fingerprint density at radius 2 is 1.94 bits per heavy atom. The Hall–Kier alpha value is -1.56. The first-order valence-electron chi connectivity index (χ1n) is 5.24. The molecule has 1 aromatic rings. The van der Waals surface area contributed by atoms with E-state index in [-0.39, 0.29) is 18.8 Å². The fourth-order valence-corrected chi connectivity index (χ4v) is 1.98. The lowest BCUT2D eigenvalue weighted by Crippen LogP contribution is -2.33. The third-order valence-corrected chi connectivity index (χ3v) is 3.20. The number of sulfonamides is 1. The summed E-state index contributed by atoms with van der Waals surface area (Å²) in [6.07, 6.45) is 0.138. The van der Waals surface area contributed by atoms with Gasteiger partial charge >= 0.3 is 0 Å². The van der Waals surface area contributed by atoms with Crippen LogP contribution in [0.1, 0.15) is 13.3 Å². The van der Waals surface area contributed by atoms with Crippen molar-refractivity contribution in [1.82, 2.24) is 4.72 Å². The van der Waals surface area contributed by atoms with Crippen LogP contribution < -0.4 is 9.46 Å². The third kappa shape index (κ3) is 5.35. The van der Waals surface area contributed by atoms with E-state index in [1.807, 2.05) is 10.8 Å². The minimum atomic E-state index is -3.59. The van der Waals surface area contributed by atoms with Crippen molar-refractivity contribution in [1.29, 1.82) is 0 Å². The van der Waals surface area contributed by atoms with Crippen molar-refractivity contribution in [2.24, 2.45) is 0 Å². The molecule has 0 aliphatic heterocycles. The molecular formula is C11H15NO4S. The smallest absolute Gasteiger partial charge is 0.238 e. The number of carbonyl (C=O) groups excluding carboxylic acids is 1. The second kappa shape index (κ2) is 6.24. The Morgan fingerprint density at radius 3 is 2.53 bits per heavy atom. The molecule has 0 aliphatic rings. The van der Waals surface area contributed by atoms with E-state index in [9.17, 15) is 13.2 Å². The Bertz CT molecular complexity index is 456. The second-order valence-electron chi connectivity index (χ2n) is 3.36. The first-order valence-corrected chi connectivity index (χ1v) is 6.90. The van der Waals surface area contributed by atoms with E-state index < -0.39 is 15.9 Å². The van der Waals surface area contributed by atoms with Gasteiger partial charge in [0.05, 0.1) is 0 Å². The molecule has 1 aromatic carbocycles. The molecule has 0 bridgehead atoms. The number of ether oxygens (including phenoxy) is 1. The first-order chi connectivity index (χ1) is 8.03. The van der Waals surface area contributed by atoms with Gasteiger partial charge in [-0.25, -0.2) is 8.42 Å². The minimum Gasteiger partial charge on any atom is -0.492 e. The van der Waals surface area contributed by atoms with Crippen molar-refractivity contribution in [3.8, 4) is 5.75 Å². The maximum atomic E-state index is 11.4. The highest BCUT2D eigenvalue weighted by Gasteiger charge is 2.13. The van der Waals surface area contributed by atoms with Crippen molar-refractivity contribution in [3.05, 3.63) is 30.3 Å². The first kappa shape index (κ1) is 13.5. The van der Waals surface area contributed by atoms with Gasteiger partial charge in [0, 0.05) is 6.42 Å². The monoisotopic (exact) mass is 257 g/mol. The maximum Gasteiger partial charge on any atom is 0.238 e. The number of benzene rings is 1. The van der Waals surface area contributed by atoms with Crippen LogP contribution in [0.25, 0.3) is 0 Å². The minimum absolute atomic E-state index is 0.0103. The number of nitrogens with one attached hydrogen (secondary N) is 1. The number of hydrogen-bond donors (Lipinski definition) is 1. The molecule has 94 valence electrons. The number of carbonyl (C=O) groups is 1. The summed E-state index contributed by atoms with van der Waals surface area (Å²) in [5.74, 6) is -0.151. The van der Waals surface area contributed by atoms with E-state index in [2.05, 4.69) is 0 Å². The van der Waals surface area contributed by atoms with E-state index in [0.717, 1.165) is 0 Å². The highest BCUT2D eigenvalue weighted by atomic mass is 32.2. The van der Waals surface area contributed by atoms with Gasteiger partial charge in [0.1, 0.15) is 18.1 Å². The van der Waals surface area contributed by atoms with E-state index in [1.165, 1.54) is 0 Å². The molecule has 0 fully saturated rings. The largest absolute Gasteiger partial charge is 0.492 e. The summed E-state index contributed by atoms with van der Waals surface area (Å²) in [6.45, 7) is 1.60. The summed E-state index contributed by atoms with van der Waals surface area (Å²) >= 11 is 0. The molecule has 5 nitrogen and oxygen atoms in total. The van der Waals surface area contributed by atoms with Gasteiger partial charge in [-0.1, -0.05) is 25.1 Å². The van der Waals surface area contributed by atoms with Crippen LogP contribution in [0.5, 0.6) is 5.75 Å². The van der Waals surface area contributed by atoms with E-state index in [0.29, 0.717) is 5.75 Å². The molecule has 0 heterocycles. The van der Waals surface area contributed by atoms with Gasteiger partial charge in [-0.3, -0.25) is 9.52 Å². The predicted molar refractivity (Wildman–Crippen MR) is 64.2 cm³/mol. The molecule has 1 rings (SSSR count). The average molecular weight is 257 g/mol. The molecule has 0 atom stereocenters. The lowest BCUT2D eigenvalue weighted by Gasteiger charge is -2.07. The predicted octanol–water partition coefficient (Wildman–Crippen LogP) is 0.921. The summed E-state index contributed by atoms with van der Waals surface area (Å²) in [7, 11) is -3.59. The third-order valence-electron chi connectivity index (χ3n) is 1.95. The van der Waals surface area contributed by atoms with Crippen LogP contribution in [0.4, 0.5) is 0 Å². The highest BCUT2D eigenvalue weighted by Crippen LogP contribution is 2.07. The average Bonchev–Trinajstić information content (AvgIpc) is 2.29. The molecule has 17 heavy (non-hydrogen) atoms. The summed E-state index contributed by atoms with van der Waals surface area (Å²) in [5, 5.41) is 0. The summed E-state index contributed by atoms with van der Waals surface area (Å²) in [6, 6.07) is 8.89. The standard InChI is InChI=1S/C11H15NO4S/c1-2-11(13)12-17(14,15)9-8-16-10-6-4-3-5-7-10/h3-7H,2,8-9H2,1H3,(H,12,13). The zero-order chi connectivity index (χ0) is 12.7. The van der Waals surface area contributed by atoms with Crippen molar-refractivity contribution in [2.45, 2.75) is 13.3 Å². The van der Waals surface area contributed by atoms with Gasteiger partial charge in [-0.15, -0.1) is 0 Å². The molecule has 0 aliphatic carbocycles. The van der Waals surface area contributed by atoms with Gasteiger partial charge in [0.15, 0.2) is 0 Å². The van der Waals surface area contributed by atoms with Gasteiger partial charge in [-0.2, -0.15) is 0 Å². The number of hydrogen-bond acceptors (Lipinski definition) is 4. The van der Waals surface area contributed by atoms with Crippen molar-refractivity contribution >= 4 is 15.9 Å². The zero-order valence-electron chi connectivity index (χ0n) is 9.55. The molecule has 0 aromatic heterocycles. The molecule has 1 amide bonds. The molecule has 0 spiro atoms. The van der Waals surface area contributed by atoms with Gasteiger partial charge in [-0.05, 0) is 12.1 Å². The molecule has 6 heteroatoms. The number of para-hydroxylation sites is 1. The second-order valence-corrected chi connectivity index (χ2v) is 5.20. The van der Waals surface area contributed by atoms with Crippen LogP contribution in [-0.4, -0.2) is 26.7 Å². The molecule has 0 saturated carbocycles. The van der Waals surface area contributed by atoms with Gasteiger partial charge in [0.2, 0.25) is 15.9 Å². The fraction of sp³-hybridized carbons (Fsp3) is 0.364. The molecule has 0 radical (unpaired) electrons. The lowest BCUT2D eigenvalue weighted by molar-refractivity contribution is -0.119. The van der Waals surface area contributed by atoms with E-state index in [4.69, 9.17) is 4.74 Å². The Morgan fingerprint density at radius 1 is 1.29 bits per heavy atom. The number of amides is 1. The molecule has 1 N–H and O–H groups in total. The van der Waals surface area contributed by atoms with Gasteiger partial charge in [0.25, 0.3) is 0 Å². The summed E-state index contributed by atoms with van der Waals surface area (Å²) in [4.78, 5) is 10.9. The highest BCUT2D eigenvalue weighted by molar-refractivity contribution is 7.90. The Balaban J connectivity index is 2.38. The Kier molecular flexibility index (Phi) is 4.96. The Labute approximate surface area is 101 Å². The number of rotatable bonds is 6. The fourth-order valence-electron chi connectivity index (χ4n) is 1.08. The van der Waals surface area contributed by atoms with Crippen LogP contribution in [0.3, 0.4) is 0 Å². The summed E-state index contributed by atoms with van der Waals surface area (Å²) in [5.41, 5.74) is 0. The SMILES string of the molecule is CCC(=O)NS(=O)(=O)CCOc1ccccc1. The zero-order valence-corrected chi connectivity index (χ0v) is 10.4. The van der Waals surface area contributed by atoms with Crippen molar-refractivity contribution in [2.75, 3.05) is 12.4 Å². The van der Waals surface area contributed by atoms with Crippen molar-refractivity contribution < 1.29 is 17.9 Å². The van der Waals surface area contributed by atoms with Crippen LogP contribution in [0.2, 0.25) is 0 Å². The van der Waals surface area contributed by atoms with E-state index >= 15 is 0 Å². The lowest BCUT2D eigenvalue weighted by atomic mass is 10.3. The van der Waals surface area contributed by atoms with Crippen LogP contribution >= 0.6 is 0 Å². The van der Waals surface area contributed by atoms with Crippen LogP contribution in [0.15, 0.2) is 30.3 Å². The normalized spacial score (nSPS) is 10.9. The maximum absolute atomic E-state index is 11.4. The topological polar surface area (TPSA) is 72.5 Å². The van der Waals surface area contributed by atoms with Gasteiger partial charge < -0.3 is 4.74 Å². The van der Waals surface area contributed by atoms with Crippen LogP contribution in [-0.2, 0) is 14.8 Å². The summed E-state index contributed by atoms with van der Waals surface area (Å²) < 4.78 is 29.9.